The van der Waals surface area contributed by atoms with Crippen LogP contribution in [-0.2, 0) is 9.53 Å². The number of anilines is 1. The fourth-order valence-corrected chi connectivity index (χ4v) is 2.25. The molecule has 0 fully saturated rings. The summed E-state index contributed by atoms with van der Waals surface area (Å²) in [5.41, 5.74) is 1.80. The largest absolute Gasteiger partial charge is 0.497 e. The molecule has 0 radical (unpaired) electrons. The van der Waals surface area contributed by atoms with E-state index in [0.717, 1.165) is 0 Å². The number of benzene rings is 2. The summed E-state index contributed by atoms with van der Waals surface area (Å²) in [5.74, 6) is 0.666. The van der Waals surface area contributed by atoms with Gasteiger partial charge in [0.1, 0.15) is 11.5 Å². The van der Waals surface area contributed by atoms with Crippen molar-refractivity contribution >= 4 is 11.7 Å². The van der Waals surface area contributed by atoms with Crippen molar-refractivity contribution in [3.8, 4) is 17.6 Å². The van der Waals surface area contributed by atoms with E-state index in [1.165, 1.54) is 14.2 Å². The number of hydrogen-bond acceptors (Lipinski definition) is 6. The Hall–Kier alpha value is -3.20. The van der Waals surface area contributed by atoms with Crippen molar-refractivity contribution in [3.05, 3.63) is 53.6 Å². The number of nitriles is 1. The van der Waals surface area contributed by atoms with Crippen LogP contribution in [0.3, 0.4) is 0 Å². The summed E-state index contributed by atoms with van der Waals surface area (Å²) in [4.78, 5) is 12.3. The summed E-state index contributed by atoms with van der Waals surface area (Å²) in [7, 11) is 4.40. The highest BCUT2D eigenvalue weighted by Crippen LogP contribution is 2.32. The first-order valence-electron chi connectivity index (χ1n) is 7.19. The van der Waals surface area contributed by atoms with Crippen molar-refractivity contribution < 1.29 is 19.0 Å². The zero-order valence-corrected chi connectivity index (χ0v) is 13.7. The highest BCUT2D eigenvalue weighted by atomic mass is 16.5. The average Bonchev–Trinajstić information content (AvgIpc) is 2.65. The van der Waals surface area contributed by atoms with E-state index >= 15 is 0 Å². The Morgan fingerprint density at radius 3 is 2.33 bits per heavy atom. The third-order valence-corrected chi connectivity index (χ3v) is 3.51. The maximum absolute atomic E-state index is 12.3. The van der Waals surface area contributed by atoms with Crippen LogP contribution in [0.2, 0.25) is 0 Å². The topological polar surface area (TPSA) is 80.6 Å². The Morgan fingerprint density at radius 2 is 1.79 bits per heavy atom. The van der Waals surface area contributed by atoms with Crippen molar-refractivity contribution in [1.82, 2.24) is 0 Å². The minimum atomic E-state index is -0.784. The van der Waals surface area contributed by atoms with Gasteiger partial charge in [0.15, 0.2) is 6.04 Å². The number of ether oxygens (including phenoxy) is 3. The minimum Gasteiger partial charge on any atom is -0.497 e. The Balaban J connectivity index is 2.41. The number of carbonyl (C=O) groups is 1. The lowest BCUT2D eigenvalue weighted by Crippen LogP contribution is -2.23. The molecule has 0 saturated heterocycles. The van der Waals surface area contributed by atoms with Gasteiger partial charge in [0, 0.05) is 11.3 Å². The molecule has 0 aromatic heterocycles. The van der Waals surface area contributed by atoms with Crippen LogP contribution in [0.25, 0.3) is 0 Å². The number of esters is 1. The molecule has 1 N–H and O–H groups in total. The van der Waals surface area contributed by atoms with E-state index in [0.29, 0.717) is 28.3 Å². The standard InChI is InChI=1S/C18H18N2O4/c1-22-14-8-9-16(23-2)15(10-14)17(18(21)24-3)20-13-6-4-12(11-19)5-7-13/h4-10,17,20H,1-3H3. The second-order valence-electron chi connectivity index (χ2n) is 4.90. The fraction of sp³-hybridized carbons (Fsp3) is 0.222. The third-order valence-electron chi connectivity index (χ3n) is 3.51. The zero-order chi connectivity index (χ0) is 17.5. The van der Waals surface area contributed by atoms with Crippen LogP contribution in [0.4, 0.5) is 5.69 Å². The second-order valence-corrected chi connectivity index (χ2v) is 4.90. The van der Waals surface area contributed by atoms with Crippen LogP contribution in [0, 0.1) is 11.3 Å². The molecule has 0 spiro atoms. The minimum absolute atomic E-state index is 0.467. The quantitative estimate of drug-likeness (QED) is 0.822. The van der Waals surface area contributed by atoms with Crippen LogP contribution < -0.4 is 14.8 Å². The monoisotopic (exact) mass is 326 g/mol. The Kier molecular flexibility index (Phi) is 5.63. The molecule has 0 aliphatic rings. The third kappa shape index (κ3) is 3.76. The molecular weight excluding hydrogens is 308 g/mol. The Labute approximate surface area is 140 Å². The first kappa shape index (κ1) is 17.2. The maximum atomic E-state index is 12.3. The smallest absolute Gasteiger partial charge is 0.333 e. The summed E-state index contributed by atoms with van der Waals surface area (Å²) in [6, 6.07) is 13.2. The van der Waals surface area contributed by atoms with Gasteiger partial charge in [-0.05, 0) is 42.5 Å². The molecule has 0 amide bonds. The highest BCUT2D eigenvalue weighted by Gasteiger charge is 2.25. The molecule has 6 heteroatoms. The van der Waals surface area contributed by atoms with E-state index in [2.05, 4.69) is 11.4 Å². The number of carbonyl (C=O) groups excluding carboxylic acids is 1. The van der Waals surface area contributed by atoms with Crippen molar-refractivity contribution in [1.29, 1.82) is 5.26 Å². The maximum Gasteiger partial charge on any atom is 0.333 e. The van der Waals surface area contributed by atoms with Gasteiger partial charge in [-0.25, -0.2) is 4.79 Å². The van der Waals surface area contributed by atoms with Crippen LogP contribution in [0.15, 0.2) is 42.5 Å². The van der Waals surface area contributed by atoms with Crippen LogP contribution in [0.1, 0.15) is 17.2 Å². The van der Waals surface area contributed by atoms with Crippen molar-refractivity contribution in [2.24, 2.45) is 0 Å². The van der Waals surface area contributed by atoms with E-state index in [1.54, 1.807) is 49.6 Å². The molecule has 2 aromatic rings. The van der Waals surface area contributed by atoms with Gasteiger partial charge in [-0.2, -0.15) is 5.26 Å². The average molecular weight is 326 g/mol. The molecule has 24 heavy (non-hydrogen) atoms. The first-order chi connectivity index (χ1) is 11.6. The molecule has 124 valence electrons. The van der Waals surface area contributed by atoms with Gasteiger partial charge in [-0.15, -0.1) is 0 Å². The second kappa shape index (κ2) is 7.88. The van der Waals surface area contributed by atoms with E-state index in [-0.39, 0.29) is 0 Å². The lowest BCUT2D eigenvalue weighted by atomic mass is 10.0. The number of nitrogens with one attached hydrogen (secondary N) is 1. The molecule has 1 atom stereocenters. The summed E-state index contributed by atoms with van der Waals surface area (Å²) in [6.45, 7) is 0. The van der Waals surface area contributed by atoms with Gasteiger partial charge in [0.25, 0.3) is 0 Å². The van der Waals surface area contributed by atoms with Gasteiger partial charge in [-0.3, -0.25) is 0 Å². The summed E-state index contributed by atoms with van der Waals surface area (Å²) >= 11 is 0. The lowest BCUT2D eigenvalue weighted by molar-refractivity contribution is -0.141. The predicted octanol–water partition coefficient (Wildman–Crippen LogP) is 2.90. The van der Waals surface area contributed by atoms with Crippen LogP contribution in [0.5, 0.6) is 11.5 Å². The van der Waals surface area contributed by atoms with E-state index in [9.17, 15) is 4.79 Å². The van der Waals surface area contributed by atoms with Gasteiger partial charge in [0.05, 0.1) is 33.0 Å². The Morgan fingerprint density at radius 1 is 1.08 bits per heavy atom. The van der Waals surface area contributed by atoms with E-state index in [1.807, 2.05) is 0 Å². The molecule has 2 rings (SSSR count). The van der Waals surface area contributed by atoms with Gasteiger partial charge >= 0.3 is 5.97 Å². The van der Waals surface area contributed by atoms with Crippen molar-refractivity contribution in [3.63, 3.8) is 0 Å². The van der Waals surface area contributed by atoms with Gasteiger partial charge in [-0.1, -0.05) is 0 Å². The Bertz CT molecular complexity index is 751. The normalized spacial score (nSPS) is 11.1. The van der Waals surface area contributed by atoms with E-state index < -0.39 is 12.0 Å². The molecule has 6 nitrogen and oxygen atoms in total. The number of methoxy groups -OCH3 is 3. The molecule has 0 saturated carbocycles. The molecule has 0 aliphatic heterocycles. The van der Waals surface area contributed by atoms with Crippen molar-refractivity contribution in [2.75, 3.05) is 26.6 Å². The summed E-state index contributed by atoms with van der Waals surface area (Å²) in [5, 5.41) is 12.0. The molecule has 0 heterocycles. The first-order valence-corrected chi connectivity index (χ1v) is 7.19. The molecular formula is C18H18N2O4. The molecule has 0 aliphatic carbocycles. The van der Waals surface area contributed by atoms with Crippen LogP contribution in [-0.4, -0.2) is 27.3 Å². The van der Waals surface area contributed by atoms with Crippen LogP contribution >= 0.6 is 0 Å². The number of nitrogens with zero attached hydrogens (tertiary/aromatic N) is 1. The fourth-order valence-electron chi connectivity index (χ4n) is 2.25. The van der Waals surface area contributed by atoms with Gasteiger partial charge < -0.3 is 19.5 Å². The summed E-state index contributed by atoms with van der Waals surface area (Å²) < 4.78 is 15.5. The number of hydrogen-bond donors (Lipinski definition) is 1. The molecule has 2 aromatic carbocycles. The molecule has 0 bridgehead atoms. The lowest BCUT2D eigenvalue weighted by Gasteiger charge is -2.21. The molecule has 1 unspecified atom stereocenters. The summed E-state index contributed by atoms with van der Waals surface area (Å²) in [6.07, 6.45) is 0. The van der Waals surface area contributed by atoms with E-state index in [4.69, 9.17) is 19.5 Å². The van der Waals surface area contributed by atoms with Gasteiger partial charge in [0.2, 0.25) is 0 Å². The SMILES string of the molecule is COC(=O)C(Nc1ccc(C#N)cc1)c1cc(OC)ccc1OC. The zero-order valence-electron chi connectivity index (χ0n) is 13.7. The van der Waals surface area contributed by atoms with Crippen molar-refractivity contribution in [2.45, 2.75) is 6.04 Å². The number of rotatable bonds is 6. The highest BCUT2D eigenvalue weighted by molar-refractivity contribution is 5.82. The predicted molar refractivity (Wildman–Crippen MR) is 89.1 cm³/mol.